The summed E-state index contributed by atoms with van der Waals surface area (Å²) < 4.78 is 0. The highest BCUT2D eigenvalue weighted by atomic mass is 16.4. The van der Waals surface area contributed by atoms with Gasteiger partial charge >= 0.3 is 5.97 Å². The third-order valence-electron chi connectivity index (χ3n) is 0.895. The van der Waals surface area contributed by atoms with Crippen LogP contribution in [-0.4, -0.2) is 23.0 Å². The van der Waals surface area contributed by atoms with Crippen molar-refractivity contribution in [1.82, 2.24) is 0 Å². The molecule has 0 amide bonds. The van der Waals surface area contributed by atoms with E-state index >= 15 is 0 Å². The second-order valence-corrected chi connectivity index (χ2v) is 1.84. The highest BCUT2D eigenvalue weighted by Crippen LogP contribution is 1.98. The van der Waals surface area contributed by atoms with Crippen molar-refractivity contribution in [3.63, 3.8) is 0 Å². The molecule has 0 aliphatic rings. The summed E-state index contributed by atoms with van der Waals surface area (Å²) in [7, 11) is 0. The number of carboxylic acids is 3. The molecule has 0 atom stereocenters. The van der Waals surface area contributed by atoms with E-state index in [-0.39, 0.29) is 6.08 Å². The van der Waals surface area contributed by atoms with Crippen LogP contribution in [-0.2, 0) is 14.4 Å². The lowest BCUT2D eigenvalue weighted by molar-refractivity contribution is -0.309. The maximum atomic E-state index is 10.0. The van der Waals surface area contributed by atoms with Crippen LogP contribution in [0.4, 0.5) is 0 Å². The Hall–Kier alpha value is -1.85. The van der Waals surface area contributed by atoms with Crippen LogP contribution in [0.25, 0.3) is 0 Å². The summed E-state index contributed by atoms with van der Waals surface area (Å²) >= 11 is 0. The first-order valence-corrected chi connectivity index (χ1v) is 2.78. The maximum Gasteiger partial charge on any atom is 0.328 e. The molecule has 0 aliphatic carbocycles. The minimum Gasteiger partial charge on any atom is -0.550 e. The molecule has 0 aromatic heterocycles. The SMILES string of the molecule is O=C(O)/C=C(/CC(=O)[O-])C(=O)[O-]. The monoisotopic (exact) mass is 172 g/mol. The summed E-state index contributed by atoms with van der Waals surface area (Å²) in [5, 5.41) is 28.0. The molecule has 6 heteroatoms. The third-order valence-corrected chi connectivity index (χ3v) is 0.895. The largest absolute Gasteiger partial charge is 0.550 e. The molecule has 12 heavy (non-hydrogen) atoms. The zero-order valence-corrected chi connectivity index (χ0v) is 5.77. The predicted molar refractivity (Wildman–Crippen MR) is 30.3 cm³/mol. The Morgan fingerprint density at radius 3 is 2.00 bits per heavy atom. The van der Waals surface area contributed by atoms with Crippen LogP contribution in [0.2, 0.25) is 0 Å². The van der Waals surface area contributed by atoms with Gasteiger partial charge in [0.05, 0.1) is 5.97 Å². The molecule has 0 aliphatic heterocycles. The summed E-state index contributed by atoms with van der Waals surface area (Å²) in [5.41, 5.74) is -0.831. The highest BCUT2D eigenvalue weighted by molar-refractivity contribution is 5.96. The van der Waals surface area contributed by atoms with Crippen LogP contribution in [0.15, 0.2) is 11.6 Å². The summed E-state index contributed by atoms with van der Waals surface area (Å²) in [6.07, 6.45) is -0.722. The maximum absolute atomic E-state index is 10.0. The third kappa shape index (κ3) is 4.04. The second kappa shape index (κ2) is 4.12. The summed E-state index contributed by atoms with van der Waals surface area (Å²) in [6.45, 7) is 0. The first-order chi connectivity index (χ1) is 5.43. The van der Waals surface area contributed by atoms with Crippen molar-refractivity contribution in [3.8, 4) is 0 Å². The minimum absolute atomic E-state index is 0.255. The van der Waals surface area contributed by atoms with Gasteiger partial charge in [-0.1, -0.05) is 0 Å². The minimum atomic E-state index is -1.83. The molecule has 1 N–H and O–H groups in total. The molecular weight excluding hydrogens is 168 g/mol. The second-order valence-electron chi connectivity index (χ2n) is 1.84. The van der Waals surface area contributed by atoms with Gasteiger partial charge in [-0.05, 0) is 5.57 Å². The Morgan fingerprint density at radius 1 is 1.25 bits per heavy atom. The number of carbonyl (C=O) groups is 3. The van der Waals surface area contributed by atoms with Gasteiger partial charge in [0.25, 0.3) is 0 Å². The van der Waals surface area contributed by atoms with Crippen molar-refractivity contribution in [1.29, 1.82) is 0 Å². The van der Waals surface area contributed by atoms with Crippen molar-refractivity contribution < 1.29 is 29.7 Å². The van der Waals surface area contributed by atoms with Crippen LogP contribution < -0.4 is 10.2 Å². The van der Waals surface area contributed by atoms with E-state index in [0.717, 1.165) is 0 Å². The summed E-state index contributed by atoms with van der Waals surface area (Å²) in [6, 6.07) is 0. The number of aliphatic carboxylic acids is 3. The molecule has 66 valence electrons. The standard InChI is InChI=1S/C6H6O6/c7-4(8)1-3(6(11)12)2-5(9)10/h1H,2H2,(H,7,8)(H,9,10)(H,11,12)/p-2/b3-1-. The normalized spacial score (nSPS) is 10.8. The molecule has 0 fully saturated rings. The van der Waals surface area contributed by atoms with Gasteiger partial charge in [-0.25, -0.2) is 4.79 Å². The number of rotatable bonds is 4. The van der Waals surface area contributed by atoms with Gasteiger partial charge in [0.1, 0.15) is 0 Å². The molecule has 6 nitrogen and oxygen atoms in total. The van der Waals surface area contributed by atoms with Crippen LogP contribution in [0.1, 0.15) is 6.42 Å². The number of carboxylic acid groups (broad SMARTS) is 3. The lowest BCUT2D eigenvalue weighted by atomic mass is 10.2. The van der Waals surface area contributed by atoms with Gasteiger partial charge in [-0.15, -0.1) is 0 Å². The number of carbonyl (C=O) groups excluding carboxylic acids is 2. The summed E-state index contributed by atoms with van der Waals surface area (Å²) in [4.78, 5) is 29.8. The predicted octanol–water partition coefficient (Wildman–Crippen LogP) is -3.11. The molecule has 0 aromatic carbocycles. The number of hydrogen-bond acceptors (Lipinski definition) is 5. The molecule has 0 bridgehead atoms. The Bertz CT molecular complexity index is 251. The summed E-state index contributed by atoms with van der Waals surface area (Å²) in [5.74, 6) is -5.05. The van der Waals surface area contributed by atoms with E-state index in [1.165, 1.54) is 0 Å². The molecule has 0 unspecified atom stereocenters. The molecule has 0 radical (unpaired) electrons. The lowest BCUT2D eigenvalue weighted by Crippen LogP contribution is -2.30. The molecular formula is C6H4O6-2. The van der Waals surface area contributed by atoms with E-state index in [0.29, 0.717) is 0 Å². The van der Waals surface area contributed by atoms with Gasteiger partial charge in [0.15, 0.2) is 0 Å². The fourth-order valence-corrected chi connectivity index (χ4v) is 0.487. The average Bonchev–Trinajstić information content (AvgIpc) is 1.83. The van der Waals surface area contributed by atoms with Crippen molar-refractivity contribution >= 4 is 17.9 Å². The molecule has 0 saturated heterocycles. The van der Waals surface area contributed by atoms with Crippen LogP contribution in [0.5, 0.6) is 0 Å². The van der Waals surface area contributed by atoms with Crippen LogP contribution >= 0.6 is 0 Å². The van der Waals surface area contributed by atoms with Crippen molar-refractivity contribution in [3.05, 3.63) is 11.6 Å². The van der Waals surface area contributed by atoms with E-state index in [2.05, 4.69) is 0 Å². The van der Waals surface area contributed by atoms with Gasteiger partial charge < -0.3 is 24.9 Å². The highest BCUT2D eigenvalue weighted by Gasteiger charge is 2.01. The van der Waals surface area contributed by atoms with E-state index in [1.54, 1.807) is 0 Å². The van der Waals surface area contributed by atoms with Gasteiger partial charge in [0.2, 0.25) is 0 Å². The van der Waals surface area contributed by atoms with Gasteiger partial charge in [-0.3, -0.25) is 0 Å². The Kier molecular flexibility index (Phi) is 3.48. The van der Waals surface area contributed by atoms with Crippen LogP contribution in [0, 0.1) is 0 Å². The Labute approximate surface area is 66.7 Å². The first kappa shape index (κ1) is 10.2. The first-order valence-electron chi connectivity index (χ1n) is 2.78. The van der Waals surface area contributed by atoms with E-state index in [1.807, 2.05) is 0 Å². The molecule has 0 saturated carbocycles. The van der Waals surface area contributed by atoms with Gasteiger partial charge in [-0.2, -0.15) is 0 Å². The molecule has 0 rings (SSSR count). The van der Waals surface area contributed by atoms with Crippen LogP contribution in [0.3, 0.4) is 0 Å². The topological polar surface area (TPSA) is 118 Å². The quantitative estimate of drug-likeness (QED) is 0.448. The van der Waals surface area contributed by atoms with Crippen molar-refractivity contribution in [2.75, 3.05) is 0 Å². The molecule has 0 spiro atoms. The Morgan fingerprint density at radius 2 is 1.75 bits per heavy atom. The van der Waals surface area contributed by atoms with E-state index < -0.39 is 29.9 Å². The van der Waals surface area contributed by atoms with E-state index in [9.17, 15) is 24.6 Å². The molecule has 0 aromatic rings. The lowest BCUT2D eigenvalue weighted by Gasteiger charge is -2.07. The fourth-order valence-electron chi connectivity index (χ4n) is 0.487. The van der Waals surface area contributed by atoms with Crippen molar-refractivity contribution in [2.24, 2.45) is 0 Å². The Balaban J connectivity index is 4.55. The average molecular weight is 172 g/mol. The van der Waals surface area contributed by atoms with Crippen molar-refractivity contribution in [2.45, 2.75) is 6.42 Å². The van der Waals surface area contributed by atoms with Gasteiger partial charge in [0, 0.05) is 18.5 Å². The smallest absolute Gasteiger partial charge is 0.328 e. The zero-order valence-electron chi connectivity index (χ0n) is 5.77. The molecule has 0 heterocycles. The zero-order chi connectivity index (χ0) is 9.72. The van der Waals surface area contributed by atoms with E-state index in [4.69, 9.17) is 5.11 Å². The fraction of sp³-hybridized carbons (Fsp3) is 0.167. The number of hydrogen-bond donors (Lipinski definition) is 1.